The van der Waals surface area contributed by atoms with Crippen LogP contribution >= 0.6 is 0 Å². The van der Waals surface area contributed by atoms with E-state index >= 15 is 0 Å². The fraction of sp³-hybridized carbons (Fsp3) is 0.133. The highest BCUT2D eigenvalue weighted by Gasteiger charge is 2.17. The highest BCUT2D eigenvalue weighted by molar-refractivity contribution is 6.39. The molecule has 1 aromatic carbocycles. The van der Waals surface area contributed by atoms with Crippen molar-refractivity contribution in [3.63, 3.8) is 0 Å². The molecule has 2 N–H and O–H groups in total. The van der Waals surface area contributed by atoms with Gasteiger partial charge in [-0.1, -0.05) is 6.07 Å². The maximum atomic E-state index is 11.8. The minimum atomic E-state index is -0.755. The number of ether oxygens (including phenoxy) is 2. The molecule has 1 aliphatic heterocycles. The van der Waals surface area contributed by atoms with Crippen LogP contribution in [0.4, 0.5) is 5.69 Å². The third-order valence-corrected chi connectivity index (χ3v) is 2.99. The fourth-order valence-electron chi connectivity index (χ4n) is 1.92. The minimum absolute atomic E-state index is 0.150. The summed E-state index contributed by atoms with van der Waals surface area (Å²) in [6, 6.07) is 10.3. The van der Waals surface area contributed by atoms with Crippen LogP contribution in [0.25, 0.3) is 0 Å². The Kier molecular flexibility index (Phi) is 3.86. The lowest BCUT2D eigenvalue weighted by atomic mass is 10.2. The van der Waals surface area contributed by atoms with Crippen molar-refractivity contribution in [2.45, 2.75) is 6.54 Å². The van der Waals surface area contributed by atoms with Crippen molar-refractivity contribution >= 4 is 17.5 Å². The molecule has 1 aromatic heterocycles. The lowest BCUT2D eigenvalue weighted by Crippen LogP contribution is -2.35. The van der Waals surface area contributed by atoms with Crippen LogP contribution < -0.4 is 20.1 Å². The van der Waals surface area contributed by atoms with Crippen LogP contribution in [-0.4, -0.2) is 23.6 Å². The lowest BCUT2D eigenvalue weighted by Gasteiger charge is -2.07. The number of anilines is 1. The molecule has 7 nitrogen and oxygen atoms in total. The molecule has 0 spiro atoms. The molecule has 22 heavy (non-hydrogen) atoms. The van der Waals surface area contributed by atoms with Crippen LogP contribution in [-0.2, 0) is 16.1 Å². The maximum Gasteiger partial charge on any atom is 0.313 e. The predicted molar refractivity (Wildman–Crippen MR) is 77.3 cm³/mol. The number of nitrogens with one attached hydrogen (secondary N) is 2. The number of rotatable bonds is 3. The molecule has 0 unspecified atom stereocenters. The molecule has 0 saturated carbocycles. The zero-order chi connectivity index (χ0) is 15.4. The first-order valence-electron chi connectivity index (χ1n) is 6.61. The number of aromatic nitrogens is 1. The van der Waals surface area contributed by atoms with E-state index in [9.17, 15) is 9.59 Å². The van der Waals surface area contributed by atoms with Crippen molar-refractivity contribution in [1.82, 2.24) is 10.3 Å². The molecule has 0 fully saturated rings. The summed E-state index contributed by atoms with van der Waals surface area (Å²) in [5.74, 6) is -0.345. The molecular weight excluding hydrogens is 286 g/mol. The topological polar surface area (TPSA) is 89.6 Å². The summed E-state index contributed by atoms with van der Waals surface area (Å²) in [5.41, 5.74) is 1.13. The van der Waals surface area contributed by atoms with Crippen LogP contribution in [0.5, 0.6) is 11.5 Å². The van der Waals surface area contributed by atoms with Crippen molar-refractivity contribution in [3.05, 3.63) is 48.3 Å². The maximum absolute atomic E-state index is 11.8. The Morgan fingerprint density at radius 3 is 2.77 bits per heavy atom. The van der Waals surface area contributed by atoms with E-state index in [4.69, 9.17) is 9.47 Å². The lowest BCUT2D eigenvalue weighted by molar-refractivity contribution is -0.136. The third-order valence-electron chi connectivity index (χ3n) is 2.99. The fourth-order valence-corrected chi connectivity index (χ4v) is 1.92. The Labute approximate surface area is 126 Å². The van der Waals surface area contributed by atoms with Gasteiger partial charge >= 0.3 is 11.8 Å². The van der Waals surface area contributed by atoms with E-state index in [1.54, 1.807) is 42.6 Å². The van der Waals surface area contributed by atoms with E-state index in [0.717, 1.165) is 0 Å². The van der Waals surface area contributed by atoms with Crippen LogP contribution in [0.15, 0.2) is 42.6 Å². The molecule has 0 radical (unpaired) electrons. The van der Waals surface area contributed by atoms with E-state index in [1.807, 2.05) is 0 Å². The molecule has 0 bridgehead atoms. The van der Waals surface area contributed by atoms with Gasteiger partial charge in [0.15, 0.2) is 11.5 Å². The summed E-state index contributed by atoms with van der Waals surface area (Å²) in [4.78, 5) is 27.6. The van der Waals surface area contributed by atoms with Gasteiger partial charge in [-0.25, -0.2) is 0 Å². The first kappa shape index (κ1) is 13.9. The van der Waals surface area contributed by atoms with Crippen molar-refractivity contribution in [2.75, 3.05) is 12.1 Å². The Balaban J connectivity index is 1.56. The highest BCUT2D eigenvalue weighted by atomic mass is 16.7. The summed E-state index contributed by atoms with van der Waals surface area (Å²) < 4.78 is 10.4. The zero-order valence-electron chi connectivity index (χ0n) is 11.5. The van der Waals surface area contributed by atoms with E-state index in [0.29, 0.717) is 22.9 Å². The number of benzene rings is 1. The normalized spacial score (nSPS) is 11.8. The average Bonchev–Trinajstić information content (AvgIpc) is 3.01. The van der Waals surface area contributed by atoms with Gasteiger partial charge in [-0.05, 0) is 24.3 Å². The molecular formula is C15H13N3O4. The minimum Gasteiger partial charge on any atom is -0.454 e. The number of carbonyl (C=O) groups excluding carboxylic acids is 2. The standard InChI is InChI=1S/C15H13N3O4/c19-14(17-8-11-3-1-2-6-16-11)15(20)18-10-4-5-12-13(7-10)22-9-21-12/h1-7H,8-9H2,(H,17,19)(H,18,20). The Bertz CT molecular complexity index is 703. The average molecular weight is 299 g/mol. The van der Waals surface area contributed by atoms with Crippen LogP contribution in [0.3, 0.4) is 0 Å². The van der Waals surface area contributed by atoms with Crippen molar-refractivity contribution in [1.29, 1.82) is 0 Å². The first-order chi connectivity index (χ1) is 10.7. The van der Waals surface area contributed by atoms with Gasteiger partial charge in [0.25, 0.3) is 0 Å². The van der Waals surface area contributed by atoms with Crippen molar-refractivity contribution in [2.24, 2.45) is 0 Å². The number of pyridine rings is 1. The summed E-state index contributed by atoms with van der Waals surface area (Å²) in [6.45, 7) is 0.339. The monoisotopic (exact) mass is 299 g/mol. The van der Waals surface area contributed by atoms with Gasteiger partial charge in [0, 0.05) is 18.0 Å². The van der Waals surface area contributed by atoms with E-state index in [1.165, 1.54) is 0 Å². The SMILES string of the molecule is O=C(NCc1ccccn1)C(=O)Nc1ccc2c(c1)OCO2. The van der Waals surface area contributed by atoms with E-state index in [-0.39, 0.29) is 13.3 Å². The number of hydrogen-bond donors (Lipinski definition) is 2. The number of nitrogens with zero attached hydrogens (tertiary/aromatic N) is 1. The Hall–Kier alpha value is -3.09. The van der Waals surface area contributed by atoms with E-state index < -0.39 is 11.8 Å². The number of carbonyl (C=O) groups is 2. The van der Waals surface area contributed by atoms with Gasteiger partial charge in [-0.3, -0.25) is 14.6 Å². The summed E-state index contributed by atoms with van der Waals surface area (Å²) in [6.07, 6.45) is 1.62. The molecule has 2 amide bonds. The molecule has 3 rings (SSSR count). The first-order valence-corrected chi connectivity index (χ1v) is 6.61. The third kappa shape index (κ3) is 3.14. The van der Waals surface area contributed by atoms with Crippen LogP contribution in [0, 0.1) is 0 Å². The van der Waals surface area contributed by atoms with Gasteiger partial charge in [0.2, 0.25) is 6.79 Å². The molecule has 0 aliphatic carbocycles. The second kappa shape index (κ2) is 6.13. The molecule has 2 heterocycles. The second-order valence-electron chi connectivity index (χ2n) is 4.53. The molecule has 1 aliphatic rings. The molecule has 7 heteroatoms. The van der Waals surface area contributed by atoms with Crippen molar-refractivity contribution < 1.29 is 19.1 Å². The molecule has 2 aromatic rings. The Morgan fingerprint density at radius 2 is 1.95 bits per heavy atom. The van der Waals surface area contributed by atoms with Crippen LogP contribution in [0.1, 0.15) is 5.69 Å². The van der Waals surface area contributed by atoms with Crippen LogP contribution in [0.2, 0.25) is 0 Å². The molecule has 112 valence electrons. The molecule has 0 atom stereocenters. The van der Waals surface area contributed by atoms with E-state index in [2.05, 4.69) is 15.6 Å². The number of amides is 2. The number of hydrogen-bond acceptors (Lipinski definition) is 5. The van der Waals surface area contributed by atoms with Gasteiger partial charge < -0.3 is 20.1 Å². The largest absolute Gasteiger partial charge is 0.454 e. The van der Waals surface area contributed by atoms with Gasteiger partial charge in [-0.2, -0.15) is 0 Å². The zero-order valence-corrected chi connectivity index (χ0v) is 11.5. The van der Waals surface area contributed by atoms with Gasteiger partial charge in [-0.15, -0.1) is 0 Å². The smallest absolute Gasteiger partial charge is 0.313 e. The summed E-state index contributed by atoms with van der Waals surface area (Å²) in [7, 11) is 0. The summed E-state index contributed by atoms with van der Waals surface area (Å²) in [5, 5.41) is 5.00. The van der Waals surface area contributed by atoms with Gasteiger partial charge in [0.1, 0.15) is 0 Å². The summed E-state index contributed by atoms with van der Waals surface area (Å²) >= 11 is 0. The molecule has 0 saturated heterocycles. The Morgan fingerprint density at radius 1 is 1.09 bits per heavy atom. The van der Waals surface area contributed by atoms with Gasteiger partial charge in [0.05, 0.1) is 12.2 Å². The second-order valence-corrected chi connectivity index (χ2v) is 4.53. The number of fused-ring (bicyclic) bond motifs is 1. The predicted octanol–water partition coefficient (Wildman–Crippen LogP) is 1.07. The highest BCUT2D eigenvalue weighted by Crippen LogP contribution is 2.34. The quantitative estimate of drug-likeness (QED) is 0.827. The van der Waals surface area contributed by atoms with Crippen molar-refractivity contribution in [3.8, 4) is 11.5 Å².